The van der Waals surface area contributed by atoms with Gasteiger partial charge >= 0.3 is 5.97 Å². The van der Waals surface area contributed by atoms with Crippen molar-refractivity contribution in [2.75, 3.05) is 6.61 Å². The number of hydrogen-bond donors (Lipinski definition) is 2. The second-order valence-electron chi connectivity index (χ2n) is 10.2. The van der Waals surface area contributed by atoms with E-state index in [0.29, 0.717) is 33.2 Å². The quantitative estimate of drug-likeness (QED) is 0.205. The number of carbonyl (C=O) groups excluding carboxylic acids is 1. The number of aryl methyl sites for hydroxylation is 1. The van der Waals surface area contributed by atoms with Crippen LogP contribution in [-0.2, 0) is 18.2 Å². The molecule has 0 fully saturated rings. The average molecular weight is 583 g/mol. The van der Waals surface area contributed by atoms with E-state index in [4.69, 9.17) is 4.74 Å². The topological polar surface area (TPSA) is 84.3 Å². The minimum atomic E-state index is -1.30. The van der Waals surface area contributed by atoms with Crippen LogP contribution in [0.3, 0.4) is 0 Å². The molecule has 4 aromatic carbocycles. The van der Waals surface area contributed by atoms with Crippen LogP contribution in [0.25, 0.3) is 21.8 Å². The van der Waals surface area contributed by atoms with Crippen molar-refractivity contribution in [1.29, 1.82) is 0 Å². The summed E-state index contributed by atoms with van der Waals surface area (Å²) in [6, 6.07) is 23.3. The van der Waals surface area contributed by atoms with E-state index in [1.54, 1.807) is 37.4 Å². The molecule has 43 heavy (non-hydrogen) atoms. The molecule has 2 heterocycles. The van der Waals surface area contributed by atoms with Crippen LogP contribution in [0.2, 0.25) is 0 Å². The summed E-state index contributed by atoms with van der Waals surface area (Å²) >= 11 is 0. The first kappa shape index (κ1) is 27.8. The molecular formula is C34H25F3N2O4. The van der Waals surface area contributed by atoms with Crippen molar-refractivity contribution in [2.45, 2.75) is 12.3 Å². The Bertz CT molecular complexity index is 2080. The van der Waals surface area contributed by atoms with E-state index >= 15 is 0 Å². The van der Waals surface area contributed by atoms with Gasteiger partial charge in [0.25, 0.3) is 5.56 Å². The highest BCUT2D eigenvalue weighted by molar-refractivity contribution is 5.90. The summed E-state index contributed by atoms with van der Waals surface area (Å²) in [4.78, 5) is 29.8. The summed E-state index contributed by atoms with van der Waals surface area (Å²) in [6.07, 6.45) is 0.114. The number of para-hydroxylation sites is 2. The number of esters is 1. The van der Waals surface area contributed by atoms with Gasteiger partial charge in [-0.2, -0.15) is 0 Å². The molecule has 0 amide bonds. The Balaban J connectivity index is 1.50. The number of benzene rings is 4. The predicted octanol–water partition coefficient (Wildman–Crippen LogP) is 6.72. The van der Waals surface area contributed by atoms with Gasteiger partial charge in [-0.25, -0.2) is 18.0 Å². The standard InChI is InChI=1S/C34H25F3N2O4/c1-39-27-15-5-3-11-23(27)32(40)29(33(39)41)28(19-8-6-9-20(35)18-19)31-22(21-10-2-4-14-26(21)38-31)16-17-43-34(42)24-12-7-13-25(36)30(24)37/h2-15,18,28,38,40H,16-17H2,1H3. The van der Waals surface area contributed by atoms with Crippen molar-refractivity contribution in [3.63, 3.8) is 0 Å². The van der Waals surface area contributed by atoms with E-state index in [1.807, 2.05) is 24.3 Å². The molecule has 0 bridgehead atoms. The number of pyridine rings is 1. The number of hydrogen-bond acceptors (Lipinski definition) is 4. The fourth-order valence-electron chi connectivity index (χ4n) is 5.65. The number of fused-ring (bicyclic) bond motifs is 2. The van der Waals surface area contributed by atoms with Gasteiger partial charge in [0.15, 0.2) is 11.6 Å². The molecule has 2 N–H and O–H groups in total. The van der Waals surface area contributed by atoms with Crippen molar-refractivity contribution < 1.29 is 27.8 Å². The minimum absolute atomic E-state index is 0.0402. The molecule has 9 heteroatoms. The SMILES string of the molecule is Cn1c(=O)c(C(c2cccc(F)c2)c2[nH]c3ccccc3c2CCOC(=O)c2cccc(F)c2F)c(O)c2ccccc21. The summed E-state index contributed by atoms with van der Waals surface area (Å²) in [5.41, 5.74) is 1.82. The lowest BCUT2D eigenvalue weighted by Gasteiger charge is -2.22. The number of nitrogens with zero attached hydrogens (tertiary/aromatic N) is 1. The smallest absolute Gasteiger partial charge is 0.341 e. The van der Waals surface area contributed by atoms with E-state index in [-0.39, 0.29) is 24.3 Å². The molecule has 6 rings (SSSR count). The Kier molecular flexibility index (Phi) is 7.23. The van der Waals surface area contributed by atoms with Gasteiger partial charge in [0, 0.05) is 35.5 Å². The zero-order chi connectivity index (χ0) is 30.2. The van der Waals surface area contributed by atoms with Gasteiger partial charge in [-0.05, 0) is 53.6 Å². The molecule has 0 saturated carbocycles. The number of ether oxygens (including phenoxy) is 1. The molecule has 6 aromatic rings. The number of carbonyl (C=O) groups is 1. The summed E-state index contributed by atoms with van der Waals surface area (Å²) in [5.74, 6) is -5.19. The third-order valence-electron chi connectivity index (χ3n) is 7.67. The largest absolute Gasteiger partial charge is 0.507 e. The first-order valence-electron chi connectivity index (χ1n) is 13.5. The fraction of sp³-hybridized carbons (Fsp3) is 0.118. The van der Waals surface area contributed by atoms with Crippen LogP contribution in [-0.4, -0.2) is 27.2 Å². The predicted molar refractivity (Wildman–Crippen MR) is 157 cm³/mol. The van der Waals surface area contributed by atoms with Crippen LogP contribution in [0.4, 0.5) is 13.2 Å². The molecule has 0 aliphatic rings. The van der Waals surface area contributed by atoms with Crippen molar-refractivity contribution in [1.82, 2.24) is 9.55 Å². The highest BCUT2D eigenvalue weighted by Gasteiger charge is 2.30. The normalized spacial score (nSPS) is 12.1. The molecule has 1 atom stereocenters. The van der Waals surface area contributed by atoms with E-state index < -0.39 is 40.5 Å². The third kappa shape index (κ3) is 4.92. The lowest BCUT2D eigenvalue weighted by Crippen LogP contribution is -2.25. The maximum absolute atomic E-state index is 14.6. The van der Waals surface area contributed by atoms with E-state index in [0.717, 1.165) is 17.5 Å². The van der Waals surface area contributed by atoms with Gasteiger partial charge in [0.05, 0.1) is 29.2 Å². The molecule has 6 nitrogen and oxygen atoms in total. The Morgan fingerprint density at radius 1 is 0.930 bits per heavy atom. The lowest BCUT2D eigenvalue weighted by atomic mass is 9.85. The summed E-state index contributed by atoms with van der Waals surface area (Å²) in [5, 5.41) is 12.8. The number of aromatic hydroxyl groups is 1. The first-order chi connectivity index (χ1) is 20.8. The van der Waals surface area contributed by atoms with Crippen molar-refractivity contribution in [3.8, 4) is 5.75 Å². The third-order valence-corrected chi connectivity index (χ3v) is 7.67. The molecule has 216 valence electrons. The van der Waals surface area contributed by atoms with Gasteiger partial charge in [-0.3, -0.25) is 4.79 Å². The summed E-state index contributed by atoms with van der Waals surface area (Å²) in [6.45, 7) is -0.207. The van der Waals surface area contributed by atoms with Crippen molar-refractivity contribution in [2.24, 2.45) is 7.05 Å². The number of H-pyrrole nitrogens is 1. The van der Waals surface area contributed by atoms with E-state index in [9.17, 15) is 27.9 Å². The average Bonchev–Trinajstić information content (AvgIpc) is 3.37. The molecule has 1 unspecified atom stereocenters. The maximum atomic E-state index is 14.6. The zero-order valence-corrected chi connectivity index (χ0v) is 22.9. The summed E-state index contributed by atoms with van der Waals surface area (Å²) < 4.78 is 49.3. The Morgan fingerprint density at radius 3 is 2.44 bits per heavy atom. The van der Waals surface area contributed by atoms with E-state index in [2.05, 4.69) is 4.98 Å². The van der Waals surface area contributed by atoms with E-state index in [1.165, 1.54) is 28.8 Å². The molecule has 2 aromatic heterocycles. The highest BCUT2D eigenvalue weighted by atomic mass is 19.2. The van der Waals surface area contributed by atoms with Crippen LogP contribution < -0.4 is 5.56 Å². The number of nitrogens with one attached hydrogen (secondary N) is 1. The molecule has 0 spiro atoms. The molecule has 0 saturated heterocycles. The monoisotopic (exact) mass is 582 g/mol. The zero-order valence-electron chi connectivity index (χ0n) is 22.9. The Hall–Kier alpha value is -5.31. The maximum Gasteiger partial charge on any atom is 0.341 e. The van der Waals surface area contributed by atoms with Crippen LogP contribution in [0.1, 0.15) is 38.7 Å². The lowest BCUT2D eigenvalue weighted by molar-refractivity contribution is 0.0502. The number of rotatable bonds is 7. The number of halogens is 3. The van der Waals surface area contributed by atoms with Crippen molar-refractivity contribution >= 4 is 27.8 Å². The van der Waals surface area contributed by atoms with Gasteiger partial charge in [0.1, 0.15) is 11.6 Å². The molecule has 0 aliphatic heterocycles. The fourth-order valence-corrected chi connectivity index (χ4v) is 5.65. The van der Waals surface area contributed by atoms with Gasteiger partial charge < -0.3 is 19.4 Å². The highest BCUT2D eigenvalue weighted by Crippen LogP contribution is 2.41. The molecule has 0 radical (unpaired) electrons. The van der Waals surface area contributed by atoms with Crippen LogP contribution >= 0.6 is 0 Å². The van der Waals surface area contributed by atoms with Gasteiger partial charge in [0.2, 0.25) is 0 Å². The first-order valence-corrected chi connectivity index (χ1v) is 13.5. The van der Waals surface area contributed by atoms with Gasteiger partial charge in [-0.15, -0.1) is 0 Å². The molecule has 0 aliphatic carbocycles. The van der Waals surface area contributed by atoms with Crippen LogP contribution in [0, 0.1) is 17.5 Å². The Morgan fingerprint density at radius 2 is 1.65 bits per heavy atom. The Labute approximate surface area is 243 Å². The molecular weight excluding hydrogens is 557 g/mol. The van der Waals surface area contributed by atoms with Gasteiger partial charge in [-0.1, -0.05) is 48.5 Å². The minimum Gasteiger partial charge on any atom is -0.507 e. The number of aromatic amines is 1. The van der Waals surface area contributed by atoms with Crippen LogP contribution in [0.5, 0.6) is 5.75 Å². The summed E-state index contributed by atoms with van der Waals surface area (Å²) in [7, 11) is 1.60. The number of aromatic nitrogens is 2. The van der Waals surface area contributed by atoms with Crippen molar-refractivity contribution in [3.05, 3.63) is 147 Å². The van der Waals surface area contributed by atoms with Crippen LogP contribution in [0.15, 0.2) is 95.8 Å². The second kappa shape index (κ2) is 11.2. The second-order valence-corrected chi connectivity index (χ2v) is 10.2.